The summed E-state index contributed by atoms with van der Waals surface area (Å²) in [7, 11) is 0. The first-order valence-corrected chi connectivity index (χ1v) is 5.97. The monoisotopic (exact) mass is 253 g/mol. The first-order valence-electron chi connectivity index (χ1n) is 5.97. The summed E-state index contributed by atoms with van der Waals surface area (Å²) in [6.07, 6.45) is 1.61. The largest absolute Gasteiger partial charge is 0.481 e. The van der Waals surface area contributed by atoms with Crippen LogP contribution in [0.1, 0.15) is 27.2 Å². The van der Waals surface area contributed by atoms with Crippen molar-refractivity contribution in [2.45, 2.75) is 33.2 Å². The molecule has 2 N–H and O–H groups in total. The lowest BCUT2D eigenvalue weighted by atomic mass is 10.0. The average Bonchev–Trinajstić information content (AvgIpc) is 2.28. The molecule has 0 aliphatic heterocycles. The van der Waals surface area contributed by atoms with Crippen LogP contribution in [-0.2, 0) is 4.79 Å². The Morgan fingerprint density at radius 2 is 2.28 bits per heavy atom. The number of carboxylic acid groups (broad SMARTS) is 1. The Balaban J connectivity index is 2.73. The van der Waals surface area contributed by atoms with E-state index in [1.54, 1.807) is 12.3 Å². The van der Waals surface area contributed by atoms with Gasteiger partial charge >= 0.3 is 5.97 Å². The van der Waals surface area contributed by atoms with E-state index in [0.29, 0.717) is 18.4 Å². The van der Waals surface area contributed by atoms with Crippen molar-refractivity contribution in [3.63, 3.8) is 0 Å². The van der Waals surface area contributed by atoms with Gasteiger partial charge in [0.15, 0.2) is 0 Å². The number of nitrogens with zero attached hydrogens (tertiary/aromatic N) is 2. The van der Waals surface area contributed by atoms with Crippen LogP contribution in [0.15, 0.2) is 12.3 Å². The third-order valence-electron chi connectivity index (χ3n) is 2.44. The van der Waals surface area contributed by atoms with Gasteiger partial charge in [-0.15, -0.1) is 0 Å². The first-order chi connectivity index (χ1) is 8.52. The highest BCUT2D eigenvalue weighted by molar-refractivity contribution is 5.68. The van der Waals surface area contributed by atoms with E-state index in [1.807, 2.05) is 20.8 Å². The normalized spacial score (nSPS) is 12.2. The van der Waals surface area contributed by atoms with Gasteiger partial charge in [0.25, 0.3) is 0 Å². The van der Waals surface area contributed by atoms with Crippen LogP contribution in [0, 0.1) is 5.92 Å². The molecule has 0 saturated heterocycles. The molecule has 1 heterocycles. The van der Waals surface area contributed by atoms with E-state index >= 15 is 0 Å². The van der Waals surface area contributed by atoms with Gasteiger partial charge in [-0.3, -0.25) is 4.79 Å². The Labute approximate surface area is 106 Å². The maximum absolute atomic E-state index is 10.8. The number of carbonyl (C=O) groups is 1. The summed E-state index contributed by atoms with van der Waals surface area (Å²) in [5.74, 6) is 0.191. The molecule has 6 heteroatoms. The molecular formula is C12H19N3O3. The molecule has 0 radical (unpaired) electrons. The molecule has 0 spiro atoms. The Morgan fingerprint density at radius 1 is 1.56 bits per heavy atom. The highest BCUT2D eigenvalue weighted by Crippen LogP contribution is 2.14. The van der Waals surface area contributed by atoms with Gasteiger partial charge in [0.05, 0.1) is 13.0 Å². The zero-order valence-corrected chi connectivity index (χ0v) is 10.9. The fraction of sp³-hybridized carbons (Fsp3) is 0.583. The van der Waals surface area contributed by atoms with Gasteiger partial charge in [0.2, 0.25) is 11.8 Å². The minimum atomic E-state index is -0.845. The van der Waals surface area contributed by atoms with Gasteiger partial charge < -0.3 is 15.2 Å². The number of hydrogen-bond donors (Lipinski definition) is 2. The third kappa shape index (κ3) is 4.57. The number of ether oxygens (including phenoxy) is 1. The van der Waals surface area contributed by atoms with Crippen LogP contribution >= 0.6 is 0 Å². The lowest BCUT2D eigenvalue weighted by Crippen LogP contribution is -2.29. The van der Waals surface area contributed by atoms with E-state index in [-0.39, 0.29) is 18.4 Å². The summed E-state index contributed by atoms with van der Waals surface area (Å²) in [6, 6.07) is 1.45. The molecule has 1 aromatic heterocycles. The second-order valence-electron chi connectivity index (χ2n) is 4.24. The average molecular weight is 253 g/mol. The van der Waals surface area contributed by atoms with Crippen LogP contribution < -0.4 is 10.1 Å². The van der Waals surface area contributed by atoms with Gasteiger partial charge in [0.1, 0.15) is 0 Å². The van der Waals surface area contributed by atoms with Gasteiger partial charge in [-0.1, -0.05) is 13.8 Å². The van der Waals surface area contributed by atoms with Crippen molar-refractivity contribution >= 4 is 11.9 Å². The second-order valence-corrected chi connectivity index (χ2v) is 4.24. The predicted molar refractivity (Wildman–Crippen MR) is 67.7 cm³/mol. The van der Waals surface area contributed by atoms with Crippen LogP contribution in [-0.4, -0.2) is 33.7 Å². The molecule has 0 aliphatic carbocycles. The summed E-state index contributed by atoms with van der Waals surface area (Å²) in [6.45, 7) is 6.30. The molecule has 0 fully saturated rings. The van der Waals surface area contributed by atoms with Crippen molar-refractivity contribution in [2.24, 2.45) is 5.92 Å². The van der Waals surface area contributed by atoms with E-state index in [4.69, 9.17) is 9.84 Å². The zero-order valence-electron chi connectivity index (χ0n) is 10.9. The summed E-state index contributed by atoms with van der Waals surface area (Å²) in [5, 5.41) is 11.9. The van der Waals surface area contributed by atoms with Crippen molar-refractivity contribution in [1.29, 1.82) is 0 Å². The van der Waals surface area contributed by atoms with Crippen LogP contribution in [0.3, 0.4) is 0 Å². The minimum Gasteiger partial charge on any atom is -0.481 e. The number of hydrogen-bond acceptors (Lipinski definition) is 5. The molecule has 0 aromatic carbocycles. The van der Waals surface area contributed by atoms with Crippen molar-refractivity contribution < 1.29 is 14.6 Å². The highest BCUT2D eigenvalue weighted by Gasteiger charge is 2.18. The number of anilines is 1. The van der Waals surface area contributed by atoms with E-state index in [2.05, 4.69) is 15.3 Å². The van der Waals surface area contributed by atoms with Crippen LogP contribution in [0.25, 0.3) is 0 Å². The van der Waals surface area contributed by atoms with Crippen LogP contribution in [0.4, 0.5) is 5.95 Å². The van der Waals surface area contributed by atoms with Crippen LogP contribution in [0.2, 0.25) is 0 Å². The smallest absolute Gasteiger partial charge is 0.305 e. The topological polar surface area (TPSA) is 84.3 Å². The summed E-state index contributed by atoms with van der Waals surface area (Å²) < 4.78 is 5.26. The molecule has 1 unspecified atom stereocenters. The summed E-state index contributed by atoms with van der Waals surface area (Å²) >= 11 is 0. The third-order valence-corrected chi connectivity index (χ3v) is 2.44. The SMILES string of the molecule is CCOc1ccnc(NC(CC(=O)O)C(C)C)n1. The van der Waals surface area contributed by atoms with E-state index < -0.39 is 5.97 Å². The second kappa shape index (κ2) is 6.78. The molecule has 6 nitrogen and oxygen atoms in total. The molecule has 1 aromatic rings. The van der Waals surface area contributed by atoms with Gasteiger partial charge in [-0.05, 0) is 12.8 Å². The number of carboxylic acids is 1. The fourth-order valence-electron chi connectivity index (χ4n) is 1.45. The molecule has 0 bridgehead atoms. The molecular weight excluding hydrogens is 234 g/mol. The van der Waals surface area contributed by atoms with Gasteiger partial charge in [0, 0.05) is 18.3 Å². The Kier molecular flexibility index (Phi) is 5.35. The summed E-state index contributed by atoms with van der Waals surface area (Å²) in [5.41, 5.74) is 0. The lowest BCUT2D eigenvalue weighted by molar-refractivity contribution is -0.137. The van der Waals surface area contributed by atoms with E-state index in [9.17, 15) is 4.79 Å². The molecule has 1 rings (SSSR count). The number of rotatable bonds is 7. The van der Waals surface area contributed by atoms with E-state index in [0.717, 1.165) is 0 Å². The Morgan fingerprint density at radius 3 is 2.83 bits per heavy atom. The Hall–Kier alpha value is -1.85. The molecule has 0 aliphatic rings. The van der Waals surface area contributed by atoms with Crippen molar-refractivity contribution in [3.8, 4) is 5.88 Å². The van der Waals surface area contributed by atoms with Gasteiger partial charge in [-0.2, -0.15) is 4.98 Å². The number of aromatic nitrogens is 2. The number of aliphatic carboxylic acids is 1. The standard InChI is InChI=1S/C12H19N3O3/c1-4-18-10-5-6-13-12(15-10)14-9(8(2)3)7-11(16)17/h5-6,8-9H,4,7H2,1-3H3,(H,16,17)(H,13,14,15). The number of nitrogens with one attached hydrogen (secondary N) is 1. The van der Waals surface area contributed by atoms with Crippen molar-refractivity contribution in [2.75, 3.05) is 11.9 Å². The molecule has 18 heavy (non-hydrogen) atoms. The molecule has 0 saturated carbocycles. The molecule has 0 amide bonds. The quantitative estimate of drug-likeness (QED) is 0.770. The fourth-order valence-corrected chi connectivity index (χ4v) is 1.45. The molecule has 1 atom stereocenters. The van der Waals surface area contributed by atoms with Gasteiger partial charge in [-0.25, -0.2) is 4.98 Å². The molecule has 100 valence electrons. The highest BCUT2D eigenvalue weighted by atomic mass is 16.5. The predicted octanol–water partition coefficient (Wildman–Crippen LogP) is 1.79. The maximum Gasteiger partial charge on any atom is 0.305 e. The zero-order chi connectivity index (χ0) is 13.5. The summed E-state index contributed by atoms with van der Waals surface area (Å²) in [4.78, 5) is 19.0. The van der Waals surface area contributed by atoms with Crippen molar-refractivity contribution in [3.05, 3.63) is 12.3 Å². The van der Waals surface area contributed by atoms with Crippen LogP contribution in [0.5, 0.6) is 5.88 Å². The van der Waals surface area contributed by atoms with Crippen molar-refractivity contribution in [1.82, 2.24) is 9.97 Å². The van der Waals surface area contributed by atoms with E-state index in [1.165, 1.54) is 0 Å². The first kappa shape index (κ1) is 14.2. The Bertz CT molecular complexity index is 396. The maximum atomic E-state index is 10.8. The lowest BCUT2D eigenvalue weighted by Gasteiger charge is -2.20. The minimum absolute atomic E-state index is 0.0277.